The van der Waals surface area contributed by atoms with Crippen molar-refractivity contribution in [1.82, 2.24) is 0 Å². The van der Waals surface area contributed by atoms with Gasteiger partial charge < -0.3 is 0 Å². The number of unbranched alkanes of at least 4 members (excludes halogenated alkanes) is 1. The lowest BCUT2D eigenvalue weighted by Crippen LogP contribution is -1.86. The lowest BCUT2D eigenvalue weighted by atomic mass is 10.3. The van der Waals surface area contributed by atoms with Gasteiger partial charge >= 0.3 is 0 Å². The third kappa shape index (κ3) is 3.04. The van der Waals surface area contributed by atoms with Crippen LogP contribution in [0.2, 0.25) is 10.0 Å². The summed E-state index contributed by atoms with van der Waals surface area (Å²) in [5.41, 5.74) is 0. The predicted molar refractivity (Wildman–Crippen MR) is 62.1 cm³/mol. The topological polar surface area (TPSA) is 0 Å². The van der Waals surface area contributed by atoms with Crippen LogP contribution in [0.3, 0.4) is 0 Å². The molecule has 0 atom stereocenters. The molecule has 1 aromatic carbocycles. The number of benzene rings is 1. The number of thioether (sulfide) groups is 1. The molecule has 0 aromatic heterocycles. The van der Waals surface area contributed by atoms with Gasteiger partial charge in [0.25, 0.3) is 0 Å². The van der Waals surface area contributed by atoms with Crippen molar-refractivity contribution in [3.63, 3.8) is 0 Å². The Balaban J connectivity index is 2.79. The van der Waals surface area contributed by atoms with E-state index in [1.165, 1.54) is 23.9 Å². The van der Waals surface area contributed by atoms with E-state index in [0.29, 0.717) is 14.9 Å². The molecule has 1 rings (SSSR count). The molecule has 78 valence electrons. The largest absolute Gasteiger partial charge is 0.206 e. The maximum Gasteiger partial charge on any atom is 0.138 e. The van der Waals surface area contributed by atoms with Gasteiger partial charge in [-0.2, -0.15) is 0 Å². The van der Waals surface area contributed by atoms with Gasteiger partial charge in [-0.3, -0.25) is 0 Å². The van der Waals surface area contributed by atoms with E-state index in [1.54, 1.807) is 0 Å². The minimum atomic E-state index is -0.291. The normalized spacial score (nSPS) is 10.6. The first kappa shape index (κ1) is 12.2. The highest BCUT2D eigenvalue weighted by molar-refractivity contribution is 7.99. The lowest BCUT2D eigenvalue weighted by molar-refractivity contribution is 0.602. The molecular weight excluding hydrogens is 242 g/mol. The van der Waals surface area contributed by atoms with Crippen molar-refractivity contribution in [2.75, 3.05) is 5.75 Å². The van der Waals surface area contributed by atoms with Gasteiger partial charge in [-0.25, -0.2) is 4.39 Å². The molecule has 0 heterocycles. The van der Waals surface area contributed by atoms with Crippen LogP contribution in [0.4, 0.5) is 4.39 Å². The van der Waals surface area contributed by atoms with E-state index in [-0.39, 0.29) is 5.82 Å². The standard InChI is InChI=1S/C10H11Cl2FS/c1-2-3-6-14-10-8(13)5-4-7(11)9(10)12/h4-5H,2-3,6H2,1H3. The summed E-state index contributed by atoms with van der Waals surface area (Å²) < 4.78 is 13.3. The highest BCUT2D eigenvalue weighted by Crippen LogP contribution is 2.35. The lowest BCUT2D eigenvalue weighted by Gasteiger charge is -2.06. The molecule has 0 spiro atoms. The molecule has 14 heavy (non-hydrogen) atoms. The molecule has 0 aliphatic carbocycles. The van der Waals surface area contributed by atoms with Crippen LogP contribution >= 0.6 is 35.0 Å². The summed E-state index contributed by atoms with van der Waals surface area (Å²) in [4.78, 5) is 0.465. The van der Waals surface area contributed by atoms with E-state index < -0.39 is 0 Å². The second-order valence-electron chi connectivity index (χ2n) is 2.87. The Labute approximate surface area is 97.8 Å². The number of halogens is 3. The molecule has 0 aliphatic heterocycles. The average Bonchev–Trinajstić information content (AvgIpc) is 2.18. The molecule has 0 bridgehead atoms. The van der Waals surface area contributed by atoms with Crippen LogP contribution in [0.1, 0.15) is 19.8 Å². The van der Waals surface area contributed by atoms with E-state index in [0.717, 1.165) is 18.6 Å². The second kappa shape index (κ2) is 5.84. The molecule has 0 nitrogen and oxygen atoms in total. The maximum absolute atomic E-state index is 13.3. The van der Waals surface area contributed by atoms with E-state index >= 15 is 0 Å². The summed E-state index contributed by atoms with van der Waals surface area (Å²) in [5.74, 6) is 0.577. The van der Waals surface area contributed by atoms with Gasteiger partial charge in [0.15, 0.2) is 0 Å². The van der Waals surface area contributed by atoms with E-state index in [2.05, 4.69) is 6.92 Å². The Kier molecular flexibility index (Phi) is 5.07. The first-order valence-corrected chi connectivity index (χ1v) is 6.17. The molecule has 0 saturated heterocycles. The Morgan fingerprint density at radius 1 is 1.36 bits per heavy atom. The quantitative estimate of drug-likeness (QED) is 0.412. The Morgan fingerprint density at radius 2 is 2.07 bits per heavy atom. The van der Waals surface area contributed by atoms with Crippen LogP contribution in [0.25, 0.3) is 0 Å². The molecule has 0 radical (unpaired) electrons. The van der Waals surface area contributed by atoms with Crippen molar-refractivity contribution < 1.29 is 4.39 Å². The van der Waals surface area contributed by atoms with Gasteiger partial charge in [0, 0.05) is 0 Å². The highest BCUT2D eigenvalue weighted by atomic mass is 35.5. The Hall–Kier alpha value is 0.0800. The van der Waals surface area contributed by atoms with Crippen molar-refractivity contribution in [1.29, 1.82) is 0 Å². The second-order valence-corrected chi connectivity index (χ2v) is 4.76. The van der Waals surface area contributed by atoms with Crippen molar-refractivity contribution in [2.24, 2.45) is 0 Å². The van der Waals surface area contributed by atoms with E-state index in [1.807, 2.05) is 0 Å². The molecule has 0 saturated carbocycles. The summed E-state index contributed by atoms with van der Waals surface area (Å²) in [6.45, 7) is 2.09. The van der Waals surface area contributed by atoms with Gasteiger partial charge in [0.05, 0.1) is 14.9 Å². The molecule has 0 aliphatic rings. The Bertz CT molecular complexity index is 315. The molecular formula is C10H11Cl2FS. The third-order valence-corrected chi connectivity index (χ3v) is 3.84. The zero-order valence-electron chi connectivity index (χ0n) is 7.82. The first-order valence-electron chi connectivity index (χ1n) is 4.43. The minimum Gasteiger partial charge on any atom is -0.206 e. The smallest absolute Gasteiger partial charge is 0.138 e. The predicted octanol–water partition coefficient (Wildman–Crippen LogP) is 5.02. The van der Waals surface area contributed by atoms with Crippen LogP contribution < -0.4 is 0 Å². The molecule has 0 amide bonds. The molecule has 0 N–H and O–H groups in total. The summed E-state index contributed by atoms with van der Waals surface area (Å²) in [5, 5.41) is 0.736. The molecule has 4 heteroatoms. The van der Waals surface area contributed by atoms with Crippen LogP contribution in [-0.2, 0) is 0 Å². The third-order valence-electron chi connectivity index (χ3n) is 1.75. The highest BCUT2D eigenvalue weighted by Gasteiger charge is 2.10. The summed E-state index contributed by atoms with van der Waals surface area (Å²) in [6, 6.07) is 2.82. The van der Waals surface area contributed by atoms with Gasteiger partial charge in [-0.1, -0.05) is 36.5 Å². The number of hydrogen-bond donors (Lipinski definition) is 0. The fraction of sp³-hybridized carbons (Fsp3) is 0.400. The van der Waals surface area contributed by atoms with Crippen LogP contribution in [0.5, 0.6) is 0 Å². The van der Waals surface area contributed by atoms with Crippen LogP contribution in [-0.4, -0.2) is 5.75 Å². The van der Waals surface area contributed by atoms with E-state index in [9.17, 15) is 4.39 Å². The average molecular weight is 253 g/mol. The molecule has 0 unspecified atom stereocenters. The Morgan fingerprint density at radius 3 is 2.71 bits per heavy atom. The molecule has 1 aromatic rings. The van der Waals surface area contributed by atoms with Gasteiger partial charge in [0.2, 0.25) is 0 Å². The van der Waals surface area contributed by atoms with Crippen LogP contribution in [0, 0.1) is 5.82 Å². The summed E-state index contributed by atoms with van der Waals surface area (Å²) in [7, 11) is 0. The van der Waals surface area contributed by atoms with Crippen LogP contribution in [0.15, 0.2) is 17.0 Å². The first-order chi connectivity index (χ1) is 6.66. The van der Waals surface area contributed by atoms with Crippen molar-refractivity contribution >= 4 is 35.0 Å². The monoisotopic (exact) mass is 252 g/mol. The number of rotatable bonds is 4. The fourth-order valence-electron chi connectivity index (χ4n) is 0.959. The van der Waals surface area contributed by atoms with Crippen molar-refractivity contribution in [2.45, 2.75) is 24.7 Å². The summed E-state index contributed by atoms with van der Waals surface area (Å²) in [6.07, 6.45) is 2.14. The zero-order chi connectivity index (χ0) is 10.6. The number of hydrogen-bond acceptors (Lipinski definition) is 1. The molecule has 0 fully saturated rings. The minimum absolute atomic E-state index is 0.291. The maximum atomic E-state index is 13.3. The summed E-state index contributed by atoms with van der Waals surface area (Å²) >= 11 is 13.1. The SMILES string of the molecule is CCCCSc1c(F)ccc(Cl)c1Cl. The van der Waals surface area contributed by atoms with E-state index in [4.69, 9.17) is 23.2 Å². The fourth-order valence-corrected chi connectivity index (χ4v) is 2.57. The van der Waals surface area contributed by atoms with Gasteiger partial charge in [-0.05, 0) is 24.3 Å². The van der Waals surface area contributed by atoms with Crippen molar-refractivity contribution in [3.05, 3.63) is 28.0 Å². The van der Waals surface area contributed by atoms with Gasteiger partial charge in [0.1, 0.15) is 5.82 Å². The van der Waals surface area contributed by atoms with Gasteiger partial charge in [-0.15, -0.1) is 11.8 Å². The van der Waals surface area contributed by atoms with Crippen molar-refractivity contribution in [3.8, 4) is 0 Å². The zero-order valence-corrected chi connectivity index (χ0v) is 10.1.